The second-order valence-electron chi connectivity index (χ2n) is 6.00. The van der Waals surface area contributed by atoms with Gasteiger partial charge in [0, 0.05) is 17.9 Å². The Morgan fingerprint density at radius 1 is 1.08 bits per heavy atom. The standard InChI is InChI=1S/C18H18N6O/c1-13-20-21-22-24(13)16-9-5-6-14(12-16)19-17-10-11-23(18(17)25)15-7-3-2-4-8-15/h2-9,12,17,19H,10-11H2,1H3/t17-/m0/s1. The minimum atomic E-state index is -0.231. The van der Waals surface area contributed by atoms with Crippen molar-refractivity contribution < 1.29 is 4.79 Å². The molecule has 3 aromatic rings. The van der Waals surface area contributed by atoms with Gasteiger partial charge in [-0.3, -0.25) is 4.79 Å². The van der Waals surface area contributed by atoms with Gasteiger partial charge < -0.3 is 10.2 Å². The van der Waals surface area contributed by atoms with Gasteiger partial charge in [0.25, 0.3) is 0 Å². The van der Waals surface area contributed by atoms with Crippen LogP contribution in [-0.4, -0.2) is 38.7 Å². The third-order valence-electron chi connectivity index (χ3n) is 4.33. The summed E-state index contributed by atoms with van der Waals surface area (Å²) in [6.07, 6.45) is 0.766. The first-order valence-corrected chi connectivity index (χ1v) is 8.21. The highest BCUT2D eigenvalue weighted by molar-refractivity contribution is 6.01. The van der Waals surface area contributed by atoms with Crippen molar-refractivity contribution in [1.29, 1.82) is 0 Å². The number of benzene rings is 2. The van der Waals surface area contributed by atoms with Gasteiger partial charge in [0.05, 0.1) is 5.69 Å². The molecule has 1 aliphatic rings. The Morgan fingerprint density at radius 3 is 2.64 bits per heavy atom. The molecule has 1 amide bonds. The van der Waals surface area contributed by atoms with E-state index in [4.69, 9.17) is 0 Å². The van der Waals surface area contributed by atoms with E-state index in [-0.39, 0.29) is 11.9 Å². The molecule has 1 aliphatic heterocycles. The molecular weight excluding hydrogens is 316 g/mol. The minimum absolute atomic E-state index is 0.0928. The number of aromatic nitrogens is 4. The molecule has 0 aliphatic carbocycles. The molecule has 1 atom stereocenters. The smallest absolute Gasteiger partial charge is 0.249 e. The normalized spacial score (nSPS) is 17.1. The van der Waals surface area contributed by atoms with Crippen molar-refractivity contribution in [3.8, 4) is 5.69 Å². The summed E-state index contributed by atoms with van der Waals surface area (Å²) in [7, 11) is 0. The monoisotopic (exact) mass is 334 g/mol. The molecule has 1 fully saturated rings. The minimum Gasteiger partial charge on any atom is -0.374 e. The second kappa shape index (κ2) is 6.35. The average Bonchev–Trinajstić information content (AvgIpc) is 3.22. The number of amides is 1. The van der Waals surface area contributed by atoms with Crippen LogP contribution in [-0.2, 0) is 4.79 Å². The molecule has 1 N–H and O–H groups in total. The summed E-state index contributed by atoms with van der Waals surface area (Å²) >= 11 is 0. The molecule has 0 spiro atoms. The van der Waals surface area contributed by atoms with Crippen LogP contribution in [0.2, 0.25) is 0 Å². The maximum absolute atomic E-state index is 12.7. The highest BCUT2D eigenvalue weighted by Crippen LogP contribution is 2.24. The van der Waals surface area contributed by atoms with Crippen LogP contribution in [0.15, 0.2) is 54.6 Å². The predicted molar refractivity (Wildman–Crippen MR) is 94.7 cm³/mol. The van der Waals surface area contributed by atoms with Gasteiger partial charge >= 0.3 is 0 Å². The van der Waals surface area contributed by atoms with Crippen LogP contribution in [0.1, 0.15) is 12.2 Å². The average molecular weight is 334 g/mol. The summed E-state index contributed by atoms with van der Waals surface area (Å²) in [4.78, 5) is 14.5. The fraction of sp³-hybridized carbons (Fsp3) is 0.222. The van der Waals surface area contributed by atoms with Gasteiger partial charge in [-0.15, -0.1) is 5.10 Å². The first-order chi connectivity index (χ1) is 12.2. The Balaban J connectivity index is 1.52. The van der Waals surface area contributed by atoms with Gasteiger partial charge in [-0.1, -0.05) is 24.3 Å². The van der Waals surface area contributed by atoms with E-state index in [2.05, 4.69) is 20.8 Å². The van der Waals surface area contributed by atoms with Crippen molar-refractivity contribution >= 4 is 17.3 Å². The summed E-state index contributed by atoms with van der Waals surface area (Å²) in [6.45, 7) is 2.56. The molecular formula is C18H18N6O. The van der Waals surface area contributed by atoms with Crippen LogP contribution >= 0.6 is 0 Å². The molecule has 2 aromatic carbocycles. The number of carbonyl (C=O) groups is 1. The number of para-hydroxylation sites is 1. The maximum Gasteiger partial charge on any atom is 0.249 e. The molecule has 0 radical (unpaired) electrons. The van der Waals surface area contributed by atoms with Crippen molar-refractivity contribution in [3.63, 3.8) is 0 Å². The van der Waals surface area contributed by atoms with Crippen LogP contribution in [0.3, 0.4) is 0 Å². The number of rotatable bonds is 4. The van der Waals surface area contributed by atoms with E-state index in [1.54, 1.807) is 4.68 Å². The Kier molecular flexibility index (Phi) is 3.89. The summed E-state index contributed by atoms with van der Waals surface area (Å²) in [5.74, 6) is 0.805. The molecule has 1 saturated heterocycles. The number of nitrogens with zero attached hydrogens (tertiary/aromatic N) is 5. The third kappa shape index (κ3) is 2.96. The lowest BCUT2D eigenvalue weighted by Gasteiger charge is -2.18. The van der Waals surface area contributed by atoms with Crippen LogP contribution in [0.5, 0.6) is 0 Å². The SMILES string of the molecule is Cc1nnnn1-c1cccc(N[C@H]2CCN(c3ccccc3)C2=O)c1. The van der Waals surface area contributed by atoms with E-state index in [1.165, 1.54) is 0 Å². The van der Waals surface area contributed by atoms with Gasteiger partial charge in [0.1, 0.15) is 6.04 Å². The highest BCUT2D eigenvalue weighted by atomic mass is 16.2. The van der Waals surface area contributed by atoms with E-state index < -0.39 is 0 Å². The summed E-state index contributed by atoms with van der Waals surface area (Å²) in [5.41, 5.74) is 2.67. The summed E-state index contributed by atoms with van der Waals surface area (Å²) in [6, 6.07) is 17.3. The quantitative estimate of drug-likeness (QED) is 0.791. The fourth-order valence-corrected chi connectivity index (χ4v) is 3.08. The van der Waals surface area contributed by atoms with E-state index in [9.17, 15) is 4.79 Å². The van der Waals surface area contributed by atoms with E-state index in [0.29, 0.717) is 12.4 Å². The number of hydrogen-bond acceptors (Lipinski definition) is 5. The molecule has 1 aromatic heterocycles. The number of tetrazole rings is 1. The van der Waals surface area contributed by atoms with Crippen LogP contribution in [0, 0.1) is 6.92 Å². The zero-order valence-corrected chi connectivity index (χ0v) is 13.8. The topological polar surface area (TPSA) is 75.9 Å². The first kappa shape index (κ1) is 15.3. The Bertz CT molecular complexity index is 891. The van der Waals surface area contributed by atoms with Crippen molar-refractivity contribution in [3.05, 3.63) is 60.4 Å². The van der Waals surface area contributed by atoms with Crippen molar-refractivity contribution in [2.75, 3.05) is 16.8 Å². The Hall–Kier alpha value is -3.22. The number of nitrogens with one attached hydrogen (secondary N) is 1. The molecule has 0 saturated carbocycles. The lowest BCUT2D eigenvalue weighted by Crippen LogP contribution is -2.33. The molecule has 2 heterocycles. The molecule has 25 heavy (non-hydrogen) atoms. The van der Waals surface area contributed by atoms with Gasteiger partial charge in [-0.05, 0) is 54.1 Å². The lowest BCUT2D eigenvalue weighted by atomic mass is 10.2. The lowest BCUT2D eigenvalue weighted by molar-refractivity contribution is -0.117. The van der Waals surface area contributed by atoms with Crippen molar-refractivity contribution in [1.82, 2.24) is 20.2 Å². The first-order valence-electron chi connectivity index (χ1n) is 8.21. The molecule has 0 unspecified atom stereocenters. The molecule has 7 nitrogen and oxygen atoms in total. The third-order valence-corrected chi connectivity index (χ3v) is 4.33. The largest absolute Gasteiger partial charge is 0.374 e. The number of aryl methyl sites for hydroxylation is 1. The fourth-order valence-electron chi connectivity index (χ4n) is 3.08. The number of carbonyl (C=O) groups excluding carboxylic acids is 1. The predicted octanol–water partition coefficient (Wildman–Crippen LogP) is 2.19. The Labute approximate surface area is 145 Å². The van der Waals surface area contributed by atoms with Crippen molar-refractivity contribution in [2.24, 2.45) is 0 Å². The molecule has 0 bridgehead atoms. The van der Waals surface area contributed by atoms with Crippen molar-refractivity contribution in [2.45, 2.75) is 19.4 Å². The second-order valence-corrected chi connectivity index (χ2v) is 6.00. The zero-order valence-electron chi connectivity index (χ0n) is 13.8. The zero-order chi connectivity index (χ0) is 17.2. The number of anilines is 2. The van der Waals surface area contributed by atoms with Crippen LogP contribution in [0.25, 0.3) is 5.69 Å². The number of hydrogen-bond donors (Lipinski definition) is 1. The van der Waals surface area contributed by atoms with E-state index >= 15 is 0 Å². The molecule has 7 heteroatoms. The molecule has 4 rings (SSSR count). The van der Waals surface area contributed by atoms with Gasteiger partial charge in [-0.2, -0.15) is 4.68 Å². The summed E-state index contributed by atoms with van der Waals surface area (Å²) in [5, 5.41) is 14.9. The van der Waals surface area contributed by atoms with Gasteiger partial charge in [0.15, 0.2) is 5.82 Å². The van der Waals surface area contributed by atoms with Crippen LogP contribution < -0.4 is 10.2 Å². The summed E-state index contributed by atoms with van der Waals surface area (Å²) < 4.78 is 1.66. The van der Waals surface area contributed by atoms with Gasteiger partial charge in [-0.25, -0.2) is 0 Å². The van der Waals surface area contributed by atoms with E-state index in [1.807, 2.05) is 66.4 Å². The Morgan fingerprint density at radius 2 is 1.88 bits per heavy atom. The maximum atomic E-state index is 12.7. The van der Waals surface area contributed by atoms with Gasteiger partial charge in [0.2, 0.25) is 5.91 Å². The molecule has 126 valence electrons. The van der Waals surface area contributed by atoms with E-state index in [0.717, 1.165) is 23.5 Å². The van der Waals surface area contributed by atoms with Crippen LogP contribution in [0.4, 0.5) is 11.4 Å². The highest BCUT2D eigenvalue weighted by Gasteiger charge is 2.32.